The van der Waals surface area contributed by atoms with Crippen LogP contribution in [0.3, 0.4) is 0 Å². The van der Waals surface area contributed by atoms with Gasteiger partial charge in [0.25, 0.3) is 0 Å². The van der Waals surface area contributed by atoms with Crippen LogP contribution >= 0.6 is 0 Å². The van der Waals surface area contributed by atoms with E-state index in [1.54, 1.807) is 0 Å². The third kappa shape index (κ3) is 1.32. The minimum atomic E-state index is -0.144. The number of hydrogen-bond donors (Lipinski definition) is 2. The largest absolute Gasteiger partial charge is 0.506 e. The molecule has 5 nitrogen and oxygen atoms in total. The van der Waals surface area contributed by atoms with Gasteiger partial charge in [-0.1, -0.05) is 0 Å². The zero-order valence-corrected chi connectivity index (χ0v) is 7.28. The summed E-state index contributed by atoms with van der Waals surface area (Å²) in [5.41, 5.74) is 1.34. The Labute approximate surface area is 79.7 Å². The molecule has 2 N–H and O–H groups in total. The number of phenolic OH excluding ortho intramolecular Hbond substituents is 1. The van der Waals surface area contributed by atoms with Gasteiger partial charge in [0.15, 0.2) is 5.69 Å². The number of carbonyl (C=O) groups is 1. The Morgan fingerprint density at radius 3 is 2.86 bits per heavy atom. The molecule has 1 aromatic rings. The highest BCUT2D eigenvalue weighted by molar-refractivity contribution is 5.94. The molecule has 2 rings (SSSR count). The van der Waals surface area contributed by atoms with Crippen LogP contribution in [0.15, 0.2) is 17.3 Å². The molecular formula is C9H8N2O3. The molecular weight excluding hydrogens is 184 g/mol. The van der Waals surface area contributed by atoms with E-state index < -0.39 is 0 Å². The van der Waals surface area contributed by atoms with Crippen LogP contribution in [-0.4, -0.2) is 11.0 Å². The number of phenols is 1. The molecule has 14 heavy (non-hydrogen) atoms. The molecule has 0 saturated heterocycles. The first kappa shape index (κ1) is 8.68. The molecule has 1 aliphatic rings. The van der Waals surface area contributed by atoms with Gasteiger partial charge in [0.2, 0.25) is 5.91 Å². The molecule has 0 fully saturated rings. The second-order valence-corrected chi connectivity index (χ2v) is 3.14. The number of benzene rings is 1. The summed E-state index contributed by atoms with van der Waals surface area (Å²) in [4.78, 5) is 21.3. The van der Waals surface area contributed by atoms with Crippen LogP contribution in [0.25, 0.3) is 0 Å². The van der Waals surface area contributed by atoms with E-state index >= 15 is 0 Å². The van der Waals surface area contributed by atoms with Gasteiger partial charge in [-0.25, -0.2) is 0 Å². The van der Waals surface area contributed by atoms with E-state index in [0.29, 0.717) is 18.5 Å². The van der Waals surface area contributed by atoms with Gasteiger partial charge in [0.1, 0.15) is 5.75 Å². The quantitative estimate of drug-likeness (QED) is 0.524. The van der Waals surface area contributed by atoms with Crippen molar-refractivity contribution >= 4 is 17.3 Å². The number of anilines is 1. The van der Waals surface area contributed by atoms with E-state index in [-0.39, 0.29) is 17.3 Å². The lowest BCUT2D eigenvalue weighted by molar-refractivity contribution is -0.116. The molecule has 1 aromatic carbocycles. The summed E-state index contributed by atoms with van der Waals surface area (Å²) in [5.74, 6) is -0.227. The number of rotatable bonds is 1. The molecule has 5 heteroatoms. The van der Waals surface area contributed by atoms with Crippen LogP contribution in [0.1, 0.15) is 12.0 Å². The van der Waals surface area contributed by atoms with Gasteiger partial charge >= 0.3 is 0 Å². The normalized spacial score (nSPS) is 14.4. The minimum absolute atomic E-state index is 0.0500. The number of carbonyl (C=O) groups excluding carboxylic acids is 1. The Bertz CT molecular complexity index is 415. The number of amides is 1. The highest BCUT2D eigenvalue weighted by Gasteiger charge is 2.17. The Morgan fingerprint density at radius 1 is 1.36 bits per heavy atom. The fourth-order valence-corrected chi connectivity index (χ4v) is 1.48. The number of aryl methyl sites for hydroxylation is 1. The summed E-state index contributed by atoms with van der Waals surface area (Å²) in [6.07, 6.45) is 0.980. The standard InChI is InChI=1S/C9H8N2O3/c12-8-3-5-1-2-9(13)10-6(5)4-7(8)11-14/h3-4,12H,1-2H2,(H,10,13). The first-order valence-corrected chi connectivity index (χ1v) is 4.20. The van der Waals surface area contributed by atoms with Gasteiger partial charge in [0, 0.05) is 12.1 Å². The van der Waals surface area contributed by atoms with Crippen LogP contribution in [0.5, 0.6) is 5.75 Å². The van der Waals surface area contributed by atoms with Gasteiger partial charge in [0.05, 0.1) is 0 Å². The smallest absolute Gasteiger partial charge is 0.224 e. The molecule has 0 saturated carbocycles. The molecule has 0 unspecified atom stereocenters. The van der Waals surface area contributed by atoms with Crippen molar-refractivity contribution in [2.45, 2.75) is 12.8 Å². The summed E-state index contributed by atoms with van der Waals surface area (Å²) < 4.78 is 0. The summed E-state index contributed by atoms with van der Waals surface area (Å²) in [7, 11) is 0. The maximum atomic E-state index is 11.0. The summed E-state index contributed by atoms with van der Waals surface area (Å²) in [6, 6.07) is 2.85. The van der Waals surface area contributed by atoms with Crippen molar-refractivity contribution in [2.75, 3.05) is 5.32 Å². The summed E-state index contributed by atoms with van der Waals surface area (Å²) in [6.45, 7) is 0. The molecule has 1 amide bonds. The second-order valence-electron chi connectivity index (χ2n) is 3.14. The Morgan fingerprint density at radius 2 is 2.14 bits per heavy atom. The van der Waals surface area contributed by atoms with Gasteiger partial charge < -0.3 is 10.4 Å². The zero-order valence-electron chi connectivity index (χ0n) is 7.28. The lowest BCUT2D eigenvalue weighted by atomic mass is 10.0. The fraction of sp³-hybridized carbons (Fsp3) is 0.222. The third-order valence-electron chi connectivity index (χ3n) is 2.19. The van der Waals surface area contributed by atoms with Crippen LogP contribution in [0.4, 0.5) is 11.4 Å². The second kappa shape index (κ2) is 3.10. The van der Waals surface area contributed by atoms with Crippen LogP contribution in [0, 0.1) is 4.91 Å². The molecule has 0 bridgehead atoms. The predicted molar refractivity (Wildman–Crippen MR) is 50.5 cm³/mol. The minimum Gasteiger partial charge on any atom is -0.506 e. The number of hydrogen-bond acceptors (Lipinski definition) is 4. The van der Waals surface area contributed by atoms with Gasteiger partial charge in [-0.05, 0) is 29.3 Å². The highest BCUT2D eigenvalue weighted by Crippen LogP contribution is 2.34. The predicted octanol–water partition coefficient (Wildman–Crippen LogP) is 1.67. The van der Waals surface area contributed by atoms with Crippen molar-refractivity contribution in [1.82, 2.24) is 0 Å². The van der Waals surface area contributed by atoms with Gasteiger partial charge in [-0.2, -0.15) is 0 Å². The molecule has 0 aromatic heterocycles. The number of fused-ring (bicyclic) bond motifs is 1. The van der Waals surface area contributed by atoms with E-state index in [4.69, 9.17) is 0 Å². The lowest BCUT2D eigenvalue weighted by Gasteiger charge is -2.16. The van der Waals surface area contributed by atoms with Crippen molar-refractivity contribution in [3.8, 4) is 5.75 Å². The average Bonchev–Trinajstić information content (AvgIpc) is 2.17. The molecule has 72 valence electrons. The molecule has 0 radical (unpaired) electrons. The lowest BCUT2D eigenvalue weighted by Crippen LogP contribution is -2.18. The number of nitrogens with one attached hydrogen (secondary N) is 1. The van der Waals surface area contributed by atoms with Gasteiger partial charge in [-0.15, -0.1) is 4.91 Å². The molecule has 1 heterocycles. The van der Waals surface area contributed by atoms with Crippen molar-refractivity contribution in [2.24, 2.45) is 5.18 Å². The molecule has 0 spiro atoms. The van der Waals surface area contributed by atoms with Crippen molar-refractivity contribution in [3.05, 3.63) is 22.6 Å². The summed E-state index contributed by atoms with van der Waals surface area (Å²) >= 11 is 0. The van der Waals surface area contributed by atoms with Crippen LogP contribution in [-0.2, 0) is 11.2 Å². The Balaban J connectivity index is 2.51. The number of nitrogens with zero attached hydrogens (tertiary/aromatic N) is 1. The van der Waals surface area contributed by atoms with E-state index in [1.165, 1.54) is 12.1 Å². The first-order chi connectivity index (χ1) is 6.70. The van der Waals surface area contributed by atoms with E-state index in [0.717, 1.165) is 5.56 Å². The molecule has 0 atom stereocenters. The van der Waals surface area contributed by atoms with E-state index in [9.17, 15) is 14.8 Å². The first-order valence-electron chi connectivity index (χ1n) is 4.20. The van der Waals surface area contributed by atoms with Crippen LogP contribution in [0.2, 0.25) is 0 Å². The average molecular weight is 192 g/mol. The summed E-state index contributed by atoms with van der Waals surface area (Å²) in [5, 5.41) is 14.6. The SMILES string of the molecule is O=Nc1cc2c(cc1O)CCC(=O)N2. The van der Waals surface area contributed by atoms with Crippen molar-refractivity contribution in [1.29, 1.82) is 0 Å². The van der Waals surface area contributed by atoms with E-state index in [1.807, 2.05) is 0 Å². The van der Waals surface area contributed by atoms with E-state index in [2.05, 4.69) is 10.5 Å². The number of nitroso groups, excluding NO2 is 1. The maximum Gasteiger partial charge on any atom is 0.224 e. The Hall–Kier alpha value is -1.91. The monoisotopic (exact) mass is 192 g/mol. The van der Waals surface area contributed by atoms with Crippen molar-refractivity contribution in [3.63, 3.8) is 0 Å². The fourth-order valence-electron chi connectivity index (χ4n) is 1.48. The maximum absolute atomic E-state index is 11.0. The van der Waals surface area contributed by atoms with Crippen LogP contribution < -0.4 is 5.32 Å². The molecule has 0 aliphatic carbocycles. The van der Waals surface area contributed by atoms with Gasteiger partial charge in [-0.3, -0.25) is 4.79 Å². The topological polar surface area (TPSA) is 78.8 Å². The number of aromatic hydroxyl groups is 1. The zero-order chi connectivity index (χ0) is 10.1. The Kier molecular flexibility index (Phi) is 1.92. The third-order valence-corrected chi connectivity index (χ3v) is 2.19. The highest BCUT2D eigenvalue weighted by atomic mass is 16.3. The van der Waals surface area contributed by atoms with Crippen molar-refractivity contribution < 1.29 is 9.90 Å². The molecule has 1 aliphatic heterocycles.